The molecule has 0 fully saturated rings. The molecule has 2 rings (SSSR count). The van der Waals surface area contributed by atoms with Crippen molar-refractivity contribution >= 4 is 23.3 Å². The van der Waals surface area contributed by atoms with E-state index in [2.05, 4.69) is 4.98 Å². The Morgan fingerprint density at radius 3 is 2.42 bits per heavy atom. The lowest BCUT2D eigenvalue weighted by Crippen LogP contribution is -2.48. The van der Waals surface area contributed by atoms with Crippen molar-refractivity contribution in [2.75, 3.05) is 7.05 Å². The van der Waals surface area contributed by atoms with Gasteiger partial charge >= 0.3 is 6.09 Å². The number of fused-ring (bicyclic) bond motifs is 1. The fraction of sp³-hybridized carbons (Fsp3) is 0.421. The van der Waals surface area contributed by atoms with Crippen molar-refractivity contribution in [3.63, 3.8) is 0 Å². The number of hydrogen-bond donors (Lipinski definition) is 0. The lowest BCUT2D eigenvalue weighted by molar-refractivity contribution is -0.117. The van der Waals surface area contributed by atoms with Gasteiger partial charge in [0, 0.05) is 18.1 Å². The number of amides is 1. The van der Waals surface area contributed by atoms with Crippen LogP contribution in [0.3, 0.4) is 0 Å². The predicted octanol–water partition coefficient (Wildman–Crippen LogP) is 3.82. The number of likely N-dealkylation sites (N-methyl/N-ethyl adjacent to an activating group) is 1. The molecule has 1 amide bonds. The Bertz CT molecular complexity index is 780. The van der Waals surface area contributed by atoms with Gasteiger partial charge in [0.05, 0.1) is 5.52 Å². The molecule has 1 unspecified atom stereocenters. The summed E-state index contributed by atoms with van der Waals surface area (Å²) in [6, 6.07) is 9.45. The third-order valence-electron chi connectivity index (χ3n) is 4.01. The van der Waals surface area contributed by atoms with Crippen LogP contribution in [0, 0.1) is 6.92 Å². The van der Waals surface area contributed by atoms with Crippen molar-refractivity contribution < 1.29 is 14.3 Å². The number of nitrogens with zero attached hydrogens (tertiary/aromatic N) is 2. The molecule has 0 saturated heterocycles. The van der Waals surface area contributed by atoms with Crippen molar-refractivity contribution in [2.45, 2.75) is 45.8 Å². The predicted molar refractivity (Wildman–Crippen MR) is 93.9 cm³/mol. The van der Waals surface area contributed by atoms with Gasteiger partial charge in [0.2, 0.25) is 0 Å². The smallest absolute Gasteiger partial charge is 0.411 e. The van der Waals surface area contributed by atoms with Crippen molar-refractivity contribution in [3.8, 4) is 0 Å². The number of aromatic nitrogens is 1. The van der Waals surface area contributed by atoms with Gasteiger partial charge in [-0.2, -0.15) is 0 Å². The molecule has 5 nitrogen and oxygen atoms in total. The summed E-state index contributed by atoms with van der Waals surface area (Å²) in [7, 11) is 1.57. The number of rotatable bonds is 3. The van der Waals surface area contributed by atoms with Gasteiger partial charge in [-0.05, 0) is 58.4 Å². The first-order valence-electron chi connectivity index (χ1n) is 7.88. The molecule has 0 bridgehead atoms. The standard InChI is InChI=1S/C19H24N2O3/c1-13-7-8-14-11-15(9-10-16(14)20-13)19(5,12-22)21(6)17(23)24-18(2,3)4/h7-12H,1-6H3. The van der Waals surface area contributed by atoms with Crippen LogP contribution in [-0.4, -0.2) is 34.9 Å². The molecule has 1 aromatic carbocycles. The number of carbonyl (C=O) groups is 2. The van der Waals surface area contributed by atoms with Crippen molar-refractivity contribution in [2.24, 2.45) is 0 Å². The summed E-state index contributed by atoms with van der Waals surface area (Å²) in [5, 5.41) is 0.920. The SMILES string of the molecule is Cc1ccc2cc(C(C)(C=O)N(C)C(=O)OC(C)(C)C)ccc2n1. The molecule has 1 aromatic heterocycles. The molecule has 2 aromatic rings. The van der Waals surface area contributed by atoms with E-state index in [1.165, 1.54) is 4.90 Å². The molecule has 0 saturated carbocycles. The van der Waals surface area contributed by atoms with Crippen LogP contribution >= 0.6 is 0 Å². The first kappa shape index (κ1) is 17.9. The highest BCUT2D eigenvalue weighted by Gasteiger charge is 2.36. The average molecular weight is 328 g/mol. The van der Waals surface area contributed by atoms with Gasteiger partial charge < -0.3 is 9.53 Å². The van der Waals surface area contributed by atoms with Gasteiger partial charge in [-0.3, -0.25) is 9.88 Å². The number of pyridine rings is 1. The minimum absolute atomic E-state index is 0.542. The summed E-state index contributed by atoms with van der Waals surface area (Å²) < 4.78 is 5.39. The minimum Gasteiger partial charge on any atom is -0.444 e. The highest BCUT2D eigenvalue weighted by Crippen LogP contribution is 2.29. The number of ether oxygens (including phenoxy) is 1. The van der Waals surface area contributed by atoms with E-state index in [-0.39, 0.29) is 0 Å². The zero-order valence-corrected chi connectivity index (χ0v) is 15.1. The number of hydrogen-bond acceptors (Lipinski definition) is 4. The molecule has 128 valence electrons. The third kappa shape index (κ3) is 3.55. The maximum absolute atomic E-state index is 12.4. The zero-order chi connectivity index (χ0) is 18.1. The molecular weight excluding hydrogens is 304 g/mol. The summed E-state index contributed by atoms with van der Waals surface area (Å²) in [6.45, 7) is 9.01. The largest absolute Gasteiger partial charge is 0.444 e. The van der Waals surface area contributed by atoms with Gasteiger partial charge in [-0.15, -0.1) is 0 Å². The Hall–Kier alpha value is -2.43. The molecule has 0 aliphatic rings. The quantitative estimate of drug-likeness (QED) is 0.804. The summed E-state index contributed by atoms with van der Waals surface area (Å²) in [4.78, 5) is 30.0. The molecule has 24 heavy (non-hydrogen) atoms. The molecule has 0 radical (unpaired) electrons. The Kier molecular flexibility index (Phi) is 4.65. The molecule has 1 atom stereocenters. The molecule has 0 spiro atoms. The van der Waals surface area contributed by atoms with E-state index in [9.17, 15) is 9.59 Å². The second-order valence-electron chi connectivity index (χ2n) is 7.16. The Morgan fingerprint density at radius 1 is 1.17 bits per heavy atom. The van der Waals surface area contributed by atoms with E-state index in [1.807, 2.05) is 37.3 Å². The van der Waals surface area contributed by atoms with E-state index >= 15 is 0 Å². The summed E-state index contributed by atoms with van der Waals surface area (Å²) in [5.41, 5.74) is 0.747. The maximum atomic E-state index is 12.4. The number of aryl methyl sites for hydroxylation is 1. The highest BCUT2D eigenvalue weighted by molar-refractivity contribution is 5.83. The lowest BCUT2D eigenvalue weighted by Gasteiger charge is -2.35. The van der Waals surface area contributed by atoms with Gasteiger partial charge in [0.1, 0.15) is 17.4 Å². The first-order chi connectivity index (χ1) is 11.1. The van der Waals surface area contributed by atoms with Gasteiger partial charge in [0.25, 0.3) is 0 Å². The van der Waals surface area contributed by atoms with E-state index in [0.29, 0.717) is 5.56 Å². The van der Waals surface area contributed by atoms with Crippen LogP contribution < -0.4 is 0 Å². The van der Waals surface area contributed by atoms with Crippen LogP contribution in [0.2, 0.25) is 0 Å². The van der Waals surface area contributed by atoms with E-state index in [1.54, 1.807) is 34.7 Å². The number of benzene rings is 1. The van der Waals surface area contributed by atoms with E-state index in [4.69, 9.17) is 4.74 Å². The Morgan fingerprint density at radius 2 is 1.83 bits per heavy atom. The van der Waals surface area contributed by atoms with Crippen LogP contribution in [0.1, 0.15) is 39.0 Å². The normalized spacial score (nSPS) is 14.1. The summed E-state index contributed by atoms with van der Waals surface area (Å²) in [6.07, 6.45) is 0.221. The third-order valence-corrected chi connectivity index (χ3v) is 4.01. The molecule has 0 N–H and O–H groups in total. The Labute approximate surface area is 142 Å². The first-order valence-corrected chi connectivity index (χ1v) is 7.88. The minimum atomic E-state index is -1.12. The second-order valence-corrected chi connectivity index (χ2v) is 7.16. The topological polar surface area (TPSA) is 59.5 Å². The van der Waals surface area contributed by atoms with Crippen LogP contribution in [-0.2, 0) is 15.1 Å². The van der Waals surface area contributed by atoms with Crippen LogP contribution in [0.25, 0.3) is 10.9 Å². The van der Waals surface area contributed by atoms with E-state index in [0.717, 1.165) is 22.9 Å². The van der Waals surface area contributed by atoms with Gasteiger partial charge in [-0.25, -0.2) is 4.79 Å². The molecule has 0 aliphatic carbocycles. The molecule has 0 aliphatic heterocycles. The fourth-order valence-electron chi connectivity index (χ4n) is 2.40. The van der Waals surface area contributed by atoms with Crippen LogP contribution in [0.5, 0.6) is 0 Å². The van der Waals surface area contributed by atoms with Gasteiger partial charge in [-0.1, -0.05) is 12.1 Å². The lowest BCUT2D eigenvalue weighted by atomic mass is 9.91. The monoisotopic (exact) mass is 328 g/mol. The van der Waals surface area contributed by atoms with Crippen molar-refractivity contribution in [3.05, 3.63) is 41.6 Å². The highest BCUT2D eigenvalue weighted by atomic mass is 16.6. The van der Waals surface area contributed by atoms with Crippen molar-refractivity contribution in [1.82, 2.24) is 9.88 Å². The second kappa shape index (κ2) is 6.23. The number of aldehydes is 1. The van der Waals surface area contributed by atoms with E-state index < -0.39 is 17.2 Å². The van der Waals surface area contributed by atoms with Crippen LogP contribution in [0.15, 0.2) is 30.3 Å². The summed E-state index contributed by atoms with van der Waals surface area (Å²) in [5.74, 6) is 0. The zero-order valence-electron chi connectivity index (χ0n) is 15.1. The molecular formula is C19H24N2O3. The maximum Gasteiger partial charge on any atom is 0.411 e. The average Bonchev–Trinajstić information content (AvgIpc) is 2.51. The summed E-state index contributed by atoms with van der Waals surface area (Å²) >= 11 is 0. The van der Waals surface area contributed by atoms with Gasteiger partial charge in [0.15, 0.2) is 0 Å². The molecule has 5 heteroatoms. The number of carbonyl (C=O) groups excluding carboxylic acids is 2. The Balaban J connectivity index is 2.43. The van der Waals surface area contributed by atoms with Crippen molar-refractivity contribution in [1.29, 1.82) is 0 Å². The molecule has 1 heterocycles. The fourth-order valence-corrected chi connectivity index (χ4v) is 2.40. The van der Waals surface area contributed by atoms with Crippen LogP contribution in [0.4, 0.5) is 4.79 Å².